The van der Waals surface area contributed by atoms with E-state index in [4.69, 9.17) is 3.83 Å². The lowest BCUT2D eigenvalue weighted by atomic mass is 9.45. The minimum absolute atomic E-state index is 0.0752. The SMILES string of the molecule is CC1C2CC3CC(C2)CC1(CC(=O)OBr)C3. The van der Waals surface area contributed by atoms with Crippen molar-refractivity contribution in [2.24, 2.45) is 29.1 Å². The molecule has 0 spiro atoms. The van der Waals surface area contributed by atoms with Gasteiger partial charge in [-0.05, 0) is 61.2 Å². The molecular weight excluding hydrogens is 268 g/mol. The van der Waals surface area contributed by atoms with Crippen LogP contribution in [0.4, 0.5) is 0 Å². The topological polar surface area (TPSA) is 26.3 Å². The van der Waals surface area contributed by atoms with Crippen LogP contribution in [-0.4, -0.2) is 5.97 Å². The van der Waals surface area contributed by atoms with E-state index in [2.05, 4.69) is 23.2 Å². The van der Waals surface area contributed by atoms with Crippen molar-refractivity contribution in [2.75, 3.05) is 0 Å². The molecular formula is C13H19BrO2. The summed E-state index contributed by atoms with van der Waals surface area (Å²) in [6.07, 6.45) is 7.43. The van der Waals surface area contributed by atoms with Crippen LogP contribution in [0.2, 0.25) is 0 Å². The molecule has 0 aliphatic heterocycles. The van der Waals surface area contributed by atoms with Gasteiger partial charge in [-0.15, -0.1) is 0 Å². The van der Waals surface area contributed by atoms with Crippen LogP contribution in [0.15, 0.2) is 0 Å². The zero-order valence-corrected chi connectivity index (χ0v) is 11.3. The average molecular weight is 287 g/mol. The van der Waals surface area contributed by atoms with Crippen LogP contribution in [0.3, 0.4) is 0 Å². The fourth-order valence-electron chi connectivity index (χ4n) is 5.08. The summed E-state index contributed by atoms with van der Waals surface area (Å²) in [6.45, 7) is 2.37. The van der Waals surface area contributed by atoms with E-state index in [0.29, 0.717) is 12.3 Å². The summed E-state index contributed by atoms with van der Waals surface area (Å²) >= 11 is 2.82. The van der Waals surface area contributed by atoms with E-state index in [-0.39, 0.29) is 11.4 Å². The van der Waals surface area contributed by atoms with Crippen molar-refractivity contribution in [3.05, 3.63) is 0 Å². The molecule has 4 aliphatic rings. The first-order valence-electron chi connectivity index (χ1n) is 6.44. The molecule has 0 radical (unpaired) electrons. The summed E-state index contributed by atoms with van der Waals surface area (Å²) < 4.78 is 4.71. The lowest BCUT2D eigenvalue weighted by Crippen LogP contribution is -2.52. The third-order valence-electron chi connectivity index (χ3n) is 5.58. The molecule has 4 aliphatic carbocycles. The third kappa shape index (κ3) is 1.54. The van der Waals surface area contributed by atoms with Gasteiger partial charge in [-0.1, -0.05) is 6.92 Å². The van der Waals surface area contributed by atoms with Crippen LogP contribution in [0.5, 0.6) is 0 Å². The molecule has 3 heteroatoms. The number of carbonyl (C=O) groups excluding carboxylic acids is 1. The highest BCUT2D eigenvalue weighted by atomic mass is 79.9. The summed E-state index contributed by atoms with van der Waals surface area (Å²) in [5.74, 6) is 3.32. The van der Waals surface area contributed by atoms with E-state index < -0.39 is 0 Å². The molecule has 0 aromatic rings. The van der Waals surface area contributed by atoms with E-state index in [1.807, 2.05) is 0 Å². The molecule has 4 fully saturated rings. The molecule has 0 aromatic heterocycles. The summed E-state index contributed by atoms with van der Waals surface area (Å²) in [7, 11) is 0. The minimum atomic E-state index is -0.0752. The highest BCUT2D eigenvalue weighted by Gasteiger charge is 2.55. The number of carbonyl (C=O) groups is 1. The van der Waals surface area contributed by atoms with Gasteiger partial charge >= 0.3 is 5.97 Å². The summed E-state index contributed by atoms with van der Waals surface area (Å²) in [5, 5.41) is 0. The highest BCUT2D eigenvalue weighted by Crippen LogP contribution is 2.64. The molecule has 16 heavy (non-hydrogen) atoms. The minimum Gasteiger partial charge on any atom is -0.384 e. The van der Waals surface area contributed by atoms with Crippen LogP contribution >= 0.6 is 16.3 Å². The number of hydrogen-bond donors (Lipinski definition) is 0. The van der Waals surface area contributed by atoms with Crippen LogP contribution in [0.1, 0.15) is 45.4 Å². The molecule has 4 bridgehead atoms. The van der Waals surface area contributed by atoms with Crippen molar-refractivity contribution >= 4 is 22.2 Å². The van der Waals surface area contributed by atoms with Gasteiger partial charge in [0.25, 0.3) is 0 Å². The molecule has 2 nitrogen and oxygen atoms in total. The molecule has 4 saturated carbocycles. The second-order valence-electron chi connectivity index (χ2n) is 6.38. The smallest absolute Gasteiger partial charge is 0.317 e. The van der Waals surface area contributed by atoms with Crippen molar-refractivity contribution in [3.63, 3.8) is 0 Å². The van der Waals surface area contributed by atoms with E-state index in [1.54, 1.807) is 0 Å². The largest absolute Gasteiger partial charge is 0.384 e. The molecule has 3 unspecified atom stereocenters. The summed E-state index contributed by atoms with van der Waals surface area (Å²) in [4.78, 5) is 11.6. The fraction of sp³-hybridized carbons (Fsp3) is 0.923. The Labute approximate surface area is 106 Å². The molecule has 0 heterocycles. The maximum atomic E-state index is 11.6. The van der Waals surface area contributed by atoms with E-state index in [9.17, 15) is 4.79 Å². The molecule has 0 N–H and O–H groups in total. The predicted molar refractivity (Wildman–Crippen MR) is 64.8 cm³/mol. The van der Waals surface area contributed by atoms with E-state index in [0.717, 1.165) is 17.8 Å². The van der Waals surface area contributed by atoms with Crippen molar-refractivity contribution < 1.29 is 8.62 Å². The standard InChI is InChI=1S/C13H19BrO2/c1-8-11-3-9-2-10(4-11)6-13(8,5-9)7-12(15)16-14/h8-11H,2-7H2,1H3. The van der Waals surface area contributed by atoms with Crippen molar-refractivity contribution in [3.8, 4) is 0 Å². The monoisotopic (exact) mass is 286 g/mol. The Hall–Kier alpha value is -0.0500. The van der Waals surface area contributed by atoms with Gasteiger partial charge in [0.1, 0.15) is 0 Å². The number of rotatable bonds is 2. The van der Waals surface area contributed by atoms with Gasteiger partial charge < -0.3 is 3.83 Å². The first-order chi connectivity index (χ1) is 7.63. The van der Waals surface area contributed by atoms with Crippen LogP contribution in [0.25, 0.3) is 0 Å². The molecule has 90 valence electrons. The van der Waals surface area contributed by atoms with Crippen LogP contribution in [0, 0.1) is 29.1 Å². The Morgan fingerprint density at radius 1 is 1.31 bits per heavy atom. The van der Waals surface area contributed by atoms with Gasteiger partial charge in [0.15, 0.2) is 16.3 Å². The van der Waals surface area contributed by atoms with Crippen LogP contribution < -0.4 is 0 Å². The number of halogens is 1. The zero-order chi connectivity index (χ0) is 11.3. The lowest BCUT2D eigenvalue weighted by molar-refractivity contribution is -0.148. The quantitative estimate of drug-likeness (QED) is 0.774. The normalized spacial score (nSPS) is 49.4. The molecule has 4 rings (SSSR count). The molecule has 0 amide bonds. The molecule has 0 aromatic carbocycles. The zero-order valence-electron chi connectivity index (χ0n) is 9.75. The maximum absolute atomic E-state index is 11.6. The van der Waals surface area contributed by atoms with E-state index in [1.165, 1.54) is 32.1 Å². The van der Waals surface area contributed by atoms with Gasteiger partial charge in [-0.25, -0.2) is 0 Å². The number of hydrogen-bond acceptors (Lipinski definition) is 2. The highest BCUT2D eigenvalue weighted by molar-refractivity contribution is 9.06. The average Bonchev–Trinajstić information content (AvgIpc) is 2.24. The van der Waals surface area contributed by atoms with E-state index >= 15 is 0 Å². The fourth-order valence-corrected chi connectivity index (χ4v) is 5.20. The van der Waals surface area contributed by atoms with Gasteiger partial charge in [0.05, 0.1) is 6.42 Å². The Morgan fingerprint density at radius 3 is 2.50 bits per heavy atom. The predicted octanol–water partition coefficient (Wildman–Crippen LogP) is 3.69. The Kier molecular flexibility index (Phi) is 2.58. The lowest BCUT2D eigenvalue weighted by Gasteiger charge is -2.60. The van der Waals surface area contributed by atoms with Crippen molar-refractivity contribution in [1.29, 1.82) is 0 Å². The molecule has 3 atom stereocenters. The second kappa shape index (κ2) is 3.72. The maximum Gasteiger partial charge on any atom is 0.317 e. The Morgan fingerprint density at radius 2 is 1.94 bits per heavy atom. The van der Waals surface area contributed by atoms with Gasteiger partial charge in [0, 0.05) is 0 Å². The summed E-state index contributed by atoms with van der Waals surface area (Å²) in [5.41, 5.74) is 0.277. The Balaban J connectivity index is 1.85. The third-order valence-corrected chi connectivity index (χ3v) is 5.95. The molecule has 0 saturated heterocycles. The summed E-state index contributed by atoms with van der Waals surface area (Å²) in [6, 6.07) is 0. The first kappa shape index (κ1) is 11.1. The van der Waals surface area contributed by atoms with Gasteiger partial charge in [-0.3, -0.25) is 4.79 Å². The van der Waals surface area contributed by atoms with Gasteiger partial charge in [0.2, 0.25) is 0 Å². The van der Waals surface area contributed by atoms with Gasteiger partial charge in [-0.2, -0.15) is 0 Å². The first-order valence-corrected chi connectivity index (χ1v) is 7.09. The second-order valence-corrected chi connectivity index (χ2v) is 6.71. The van der Waals surface area contributed by atoms with Crippen molar-refractivity contribution in [1.82, 2.24) is 0 Å². The van der Waals surface area contributed by atoms with Crippen LogP contribution in [-0.2, 0) is 8.62 Å². The Bertz CT molecular complexity index is 301. The van der Waals surface area contributed by atoms with Crippen molar-refractivity contribution in [2.45, 2.75) is 45.4 Å².